The van der Waals surface area contributed by atoms with E-state index in [1.165, 1.54) is 4.88 Å². The van der Waals surface area contributed by atoms with E-state index < -0.39 is 0 Å². The minimum atomic E-state index is 0.332. The van der Waals surface area contributed by atoms with Gasteiger partial charge in [0, 0.05) is 29.2 Å². The fourth-order valence-electron chi connectivity index (χ4n) is 2.07. The van der Waals surface area contributed by atoms with E-state index in [4.69, 9.17) is 5.73 Å². The number of rotatable bonds is 1. The summed E-state index contributed by atoms with van der Waals surface area (Å²) in [7, 11) is 0. The van der Waals surface area contributed by atoms with Gasteiger partial charge in [-0.05, 0) is 26.7 Å². The van der Waals surface area contributed by atoms with Gasteiger partial charge in [-0.3, -0.25) is 0 Å². The predicted molar refractivity (Wildman–Crippen MR) is 59.4 cm³/mol. The Balaban J connectivity index is 2.10. The molecule has 2 rings (SSSR count). The molecule has 78 valence electrons. The highest BCUT2D eigenvalue weighted by Crippen LogP contribution is 2.28. The summed E-state index contributed by atoms with van der Waals surface area (Å²) in [5.74, 6) is 0. The maximum Gasteiger partial charge on any atom is 0.0897 e. The topological polar surface area (TPSA) is 50.9 Å². The van der Waals surface area contributed by atoms with E-state index in [9.17, 15) is 0 Å². The van der Waals surface area contributed by atoms with Gasteiger partial charge in [-0.1, -0.05) is 0 Å². The molecule has 0 aromatic carbocycles. The molecule has 3 nitrogen and oxygen atoms in total. The van der Waals surface area contributed by atoms with Gasteiger partial charge < -0.3 is 11.1 Å². The van der Waals surface area contributed by atoms with E-state index in [1.54, 1.807) is 11.3 Å². The maximum absolute atomic E-state index is 6.00. The number of aryl methyl sites for hydroxylation is 1. The van der Waals surface area contributed by atoms with Crippen LogP contribution in [0.1, 0.15) is 35.7 Å². The van der Waals surface area contributed by atoms with Gasteiger partial charge in [0.25, 0.3) is 0 Å². The van der Waals surface area contributed by atoms with Crippen LogP contribution in [0.2, 0.25) is 0 Å². The van der Waals surface area contributed by atoms with E-state index in [2.05, 4.69) is 17.2 Å². The molecule has 0 unspecified atom stereocenters. The molecule has 0 bridgehead atoms. The lowest BCUT2D eigenvalue weighted by molar-refractivity contribution is 0.310. The molecule has 1 saturated heterocycles. The lowest BCUT2D eigenvalue weighted by atomic mass is 9.95. The van der Waals surface area contributed by atoms with Gasteiger partial charge in [-0.2, -0.15) is 0 Å². The fraction of sp³-hybridized carbons (Fsp3) is 0.700. The summed E-state index contributed by atoms with van der Waals surface area (Å²) in [6.45, 7) is 4.24. The molecule has 3 N–H and O–H groups in total. The van der Waals surface area contributed by atoms with Crippen LogP contribution in [0, 0.1) is 6.92 Å². The van der Waals surface area contributed by atoms with Gasteiger partial charge in [0.15, 0.2) is 0 Å². The van der Waals surface area contributed by atoms with Crippen molar-refractivity contribution in [2.75, 3.05) is 0 Å². The van der Waals surface area contributed by atoms with Crippen LogP contribution in [0.5, 0.6) is 0 Å². The number of thiazole rings is 1. The molecular weight excluding hydrogens is 194 g/mol. The van der Waals surface area contributed by atoms with Crippen molar-refractivity contribution < 1.29 is 0 Å². The smallest absolute Gasteiger partial charge is 0.0897 e. The summed E-state index contributed by atoms with van der Waals surface area (Å²) in [5.41, 5.74) is 6.00. The molecule has 2 heterocycles. The fourth-order valence-corrected chi connectivity index (χ4v) is 2.93. The van der Waals surface area contributed by atoms with E-state index in [-0.39, 0.29) is 0 Å². The van der Waals surface area contributed by atoms with E-state index in [1.807, 2.05) is 13.1 Å². The normalized spacial score (nSPS) is 33.2. The zero-order valence-electron chi connectivity index (χ0n) is 8.66. The van der Waals surface area contributed by atoms with Crippen molar-refractivity contribution in [2.24, 2.45) is 5.73 Å². The Kier molecular flexibility index (Phi) is 2.85. The summed E-state index contributed by atoms with van der Waals surface area (Å²) < 4.78 is 0. The van der Waals surface area contributed by atoms with Crippen molar-refractivity contribution in [1.29, 1.82) is 0 Å². The molecular formula is C10H17N3S. The number of aromatic nitrogens is 1. The number of nitrogens with two attached hydrogens (primary N) is 1. The molecule has 4 heteroatoms. The predicted octanol–water partition coefficient (Wildman–Crippen LogP) is 1.59. The SMILES string of the molecule is Cc1ncc([C@@H]2C[C@H](N)C[C@H](C)N2)s1. The van der Waals surface area contributed by atoms with Crippen LogP contribution in [-0.4, -0.2) is 17.1 Å². The van der Waals surface area contributed by atoms with Crippen LogP contribution in [0.4, 0.5) is 0 Å². The molecule has 14 heavy (non-hydrogen) atoms. The highest BCUT2D eigenvalue weighted by molar-refractivity contribution is 7.11. The molecule has 1 aromatic rings. The summed E-state index contributed by atoms with van der Waals surface area (Å²) in [6, 6.07) is 1.27. The minimum absolute atomic E-state index is 0.332. The summed E-state index contributed by atoms with van der Waals surface area (Å²) >= 11 is 1.77. The van der Waals surface area contributed by atoms with E-state index in [0.717, 1.165) is 17.8 Å². The van der Waals surface area contributed by atoms with Gasteiger partial charge in [0.05, 0.1) is 5.01 Å². The highest BCUT2D eigenvalue weighted by Gasteiger charge is 2.25. The second-order valence-corrected chi connectivity index (χ2v) is 5.40. The molecule has 0 saturated carbocycles. The average Bonchev–Trinajstić information content (AvgIpc) is 2.50. The first-order chi connectivity index (χ1) is 6.65. The Hall–Kier alpha value is -0.450. The first-order valence-corrected chi connectivity index (χ1v) is 5.90. The monoisotopic (exact) mass is 211 g/mol. The van der Waals surface area contributed by atoms with Crippen molar-refractivity contribution in [1.82, 2.24) is 10.3 Å². The van der Waals surface area contributed by atoms with Crippen LogP contribution in [-0.2, 0) is 0 Å². The zero-order chi connectivity index (χ0) is 10.1. The van der Waals surface area contributed by atoms with Crippen molar-refractivity contribution in [3.05, 3.63) is 16.1 Å². The van der Waals surface area contributed by atoms with Gasteiger partial charge >= 0.3 is 0 Å². The molecule has 1 aliphatic heterocycles. The number of hydrogen-bond donors (Lipinski definition) is 2. The summed E-state index contributed by atoms with van der Waals surface area (Å²) in [6.07, 6.45) is 4.09. The maximum atomic E-state index is 6.00. The molecule has 3 atom stereocenters. The van der Waals surface area contributed by atoms with Crippen molar-refractivity contribution in [3.63, 3.8) is 0 Å². The molecule has 0 spiro atoms. The third kappa shape index (κ3) is 2.13. The number of piperidine rings is 1. The lowest BCUT2D eigenvalue weighted by Gasteiger charge is -2.32. The van der Waals surface area contributed by atoms with Gasteiger partial charge in [-0.15, -0.1) is 11.3 Å². The number of hydrogen-bond acceptors (Lipinski definition) is 4. The van der Waals surface area contributed by atoms with Crippen LogP contribution in [0.3, 0.4) is 0 Å². The Morgan fingerprint density at radius 2 is 2.36 bits per heavy atom. The highest BCUT2D eigenvalue weighted by atomic mass is 32.1. The van der Waals surface area contributed by atoms with Crippen LogP contribution in [0.25, 0.3) is 0 Å². The molecule has 1 aromatic heterocycles. The second-order valence-electron chi connectivity index (χ2n) is 4.13. The Labute approximate surface area is 88.7 Å². The Morgan fingerprint density at radius 1 is 1.57 bits per heavy atom. The first kappa shape index (κ1) is 10.1. The standard InChI is InChI=1S/C10H17N3S/c1-6-3-8(11)4-9(13-6)10-5-12-7(2)14-10/h5-6,8-9,13H,3-4,11H2,1-2H3/t6-,8+,9-/m0/s1. The summed E-state index contributed by atoms with van der Waals surface area (Å²) in [4.78, 5) is 5.60. The van der Waals surface area contributed by atoms with Gasteiger partial charge in [0.1, 0.15) is 0 Å². The number of nitrogens with one attached hydrogen (secondary N) is 1. The zero-order valence-corrected chi connectivity index (χ0v) is 9.47. The minimum Gasteiger partial charge on any atom is -0.328 e. The van der Waals surface area contributed by atoms with Crippen molar-refractivity contribution >= 4 is 11.3 Å². The first-order valence-electron chi connectivity index (χ1n) is 5.09. The van der Waals surface area contributed by atoms with Crippen LogP contribution in [0.15, 0.2) is 6.20 Å². The molecule has 0 amide bonds. The molecule has 1 aliphatic rings. The van der Waals surface area contributed by atoms with E-state index in [0.29, 0.717) is 18.1 Å². The van der Waals surface area contributed by atoms with Crippen LogP contribution >= 0.6 is 11.3 Å². The third-order valence-electron chi connectivity index (χ3n) is 2.66. The quantitative estimate of drug-likeness (QED) is 0.741. The summed E-state index contributed by atoms with van der Waals surface area (Å²) in [5, 5.41) is 4.70. The molecule has 0 aliphatic carbocycles. The lowest BCUT2D eigenvalue weighted by Crippen LogP contribution is -2.43. The van der Waals surface area contributed by atoms with Crippen molar-refractivity contribution in [3.8, 4) is 0 Å². The van der Waals surface area contributed by atoms with E-state index >= 15 is 0 Å². The molecule has 0 radical (unpaired) electrons. The van der Waals surface area contributed by atoms with Gasteiger partial charge in [-0.25, -0.2) is 4.98 Å². The second kappa shape index (κ2) is 3.96. The average molecular weight is 211 g/mol. The van der Waals surface area contributed by atoms with Crippen LogP contribution < -0.4 is 11.1 Å². The van der Waals surface area contributed by atoms with Crippen molar-refractivity contribution in [2.45, 2.75) is 44.8 Å². The van der Waals surface area contributed by atoms with Gasteiger partial charge in [0.2, 0.25) is 0 Å². The Bertz CT molecular complexity index is 300. The molecule has 1 fully saturated rings. The third-order valence-corrected chi connectivity index (χ3v) is 3.69. The largest absolute Gasteiger partial charge is 0.328 e. The number of nitrogens with zero attached hydrogens (tertiary/aromatic N) is 1. The Morgan fingerprint density at radius 3 is 2.93 bits per heavy atom.